The van der Waals surface area contributed by atoms with Crippen LogP contribution in [0.25, 0.3) is 11.0 Å². The minimum absolute atomic E-state index is 0.215. The third kappa shape index (κ3) is 1.71. The number of rotatable bonds is 2. The Bertz CT molecular complexity index is 766. The smallest absolute Gasteiger partial charge is 0.263 e. The highest BCUT2D eigenvalue weighted by molar-refractivity contribution is 5.79. The normalized spacial score (nSPS) is 11.6. The summed E-state index contributed by atoms with van der Waals surface area (Å²) in [5.74, 6) is 0.801. The summed E-state index contributed by atoms with van der Waals surface area (Å²) < 4.78 is 6.62. The van der Waals surface area contributed by atoms with Crippen LogP contribution in [0, 0.1) is 0 Å². The minimum Gasteiger partial charge on any atom is -0.463 e. The third-order valence-electron chi connectivity index (χ3n) is 2.45. The van der Waals surface area contributed by atoms with E-state index in [0.717, 1.165) is 0 Å². The Balaban J connectivity index is 2.07. The number of H-pyrrole nitrogens is 1. The number of nitrogens with zero attached hydrogens (tertiary/aromatic N) is 4. The van der Waals surface area contributed by atoms with Gasteiger partial charge in [0, 0.05) is 7.05 Å². The first-order chi connectivity index (χ1) is 8.74. The van der Waals surface area contributed by atoms with Gasteiger partial charge in [-0.05, 0) is 12.1 Å². The van der Waals surface area contributed by atoms with E-state index in [-0.39, 0.29) is 11.5 Å². The number of aromatic nitrogens is 4. The average Bonchev–Trinajstić information content (AvgIpc) is 2.98. The summed E-state index contributed by atoms with van der Waals surface area (Å²) in [6, 6.07) is 3.51. The predicted octanol–water partition coefficient (Wildman–Crippen LogP) is 1.00. The molecule has 0 radical (unpaired) electrons. The van der Waals surface area contributed by atoms with Gasteiger partial charge in [-0.3, -0.25) is 14.5 Å². The zero-order chi connectivity index (χ0) is 12.5. The molecule has 7 heteroatoms. The van der Waals surface area contributed by atoms with E-state index in [9.17, 15) is 4.79 Å². The molecule has 0 aliphatic carbocycles. The van der Waals surface area contributed by atoms with Gasteiger partial charge in [0.25, 0.3) is 5.56 Å². The molecule has 0 bridgehead atoms. The maximum atomic E-state index is 11.7. The minimum atomic E-state index is -0.264. The van der Waals surface area contributed by atoms with Crippen LogP contribution in [0.3, 0.4) is 0 Å². The van der Waals surface area contributed by atoms with Gasteiger partial charge in [0.1, 0.15) is 11.1 Å². The number of furan rings is 1. The molecular formula is C11H9N5O2. The summed E-state index contributed by atoms with van der Waals surface area (Å²) >= 11 is 0. The quantitative estimate of drug-likeness (QED) is 0.680. The second kappa shape index (κ2) is 3.95. The molecule has 0 fully saturated rings. The highest BCUT2D eigenvalue weighted by atomic mass is 16.3. The van der Waals surface area contributed by atoms with Crippen molar-refractivity contribution in [2.75, 3.05) is 0 Å². The van der Waals surface area contributed by atoms with E-state index in [1.54, 1.807) is 25.4 Å². The molecule has 7 nitrogen and oxygen atoms in total. The van der Waals surface area contributed by atoms with Crippen molar-refractivity contribution in [1.82, 2.24) is 19.7 Å². The molecule has 18 heavy (non-hydrogen) atoms. The maximum Gasteiger partial charge on any atom is 0.263 e. The Morgan fingerprint density at radius 1 is 1.56 bits per heavy atom. The van der Waals surface area contributed by atoms with E-state index < -0.39 is 0 Å². The van der Waals surface area contributed by atoms with Crippen LogP contribution in [0.15, 0.2) is 38.8 Å². The van der Waals surface area contributed by atoms with E-state index in [2.05, 4.69) is 20.1 Å². The predicted molar refractivity (Wildman–Crippen MR) is 65.1 cm³/mol. The van der Waals surface area contributed by atoms with Gasteiger partial charge in [-0.1, -0.05) is 0 Å². The molecule has 0 aromatic carbocycles. The van der Waals surface area contributed by atoms with E-state index in [0.29, 0.717) is 16.8 Å². The molecule has 0 saturated heterocycles. The lowest BCUT2D eigenvalue weighted by Crippen LogP contribution is -2.07. The Hall–Kier alpha value is -2.70. The number of hydrogen-bond acceptors (Lipinski definition) is 5. The number of aromatic amines is 1. The number of fused-ring (bicyclic) bond motifs is 1. The molecule has 0 aliphatic heterocycles. The largest absolute Gasteiger partial charge is 0.463 e. The number of nitrogens with one attached hydrogen (secondary N) is 1. The lowest BCUT2D eigenvalue weighted by molar-refractivity contribution is 0.560. The SMILES string of the molecule is Cn1ncc2c(=O)[nH]c(/N=C/c3ccco3)nc21. The fourth-order valence-corrected chi connectivity index (χ4v) is 1.57. The molecule has 90 valence electrons. The Morgan fingerprint density at radius 3 is 3.22 bits per heavy atom. The molecule has 0 saturated carbocycles. The van der Waals surface area contributed by atoms with Crippen molar-refractivity contribution >= 4 is 23.2 Å². The van der Waals surface area contributed by atoms with Crippen molar-refractivity contribution in [3.8, 4) is 0 Å². The first-order valence-corrected chi connectivity index (χ1v) is 5.23. The maximum absolute atomic E-state index is 11.7. The lowest BCUT2D eigenvalue weighted by atomic mass is 10.4. The highest BCUT2D eigenvalue weighted by Crippen LogP contribution is 2.09. The zero-order valence-electron chi connectivity index (χ0n) is 9.49. The molecule has 0 atom stereocenters. The van der Waals surface area contributed by atoms with Crippen LogP contribution in [0.4, 0.5) is 5.95 Å². The molecule has 0 aliphatic rings. The Labute approximate surface area is 101 Å². The summed E-state index contributed by atoms with van der Waals surface area (Å²) in [4.78, 5) is 22.5. The Kier molecular flexibility index (Phi) is 2.30. The van der Waals surface area contributed by atoms with Crippen LogP contribution in [0.1, 0.15) is 5.76 Å². The van der Waals surface area contributed by atoms with Crippen LogP contribution < -0.4 is 5.56 Å². The fourth-order valence-electron chi connectivity index (χ4n) is 1.57. The molecule has 0 amide bonds. The monoisotopic (exact) mass is 243 g/mol. The summed E-state index contributed by atoms with van der Waals surface area (Å²) in [7, 11) is 1.72. The lowest BCUT2D eigenvalue weighted by Gasteiger charge is -1.95. The highest BCUT2D eigenvalue weighted by Gasteiger charge is 2.06. The number of hydrogen-bond donors (Lipinski definition) is 1. The van der Waals surface area contributed by atoms with Gasteiger partial charge in [-0.2, -0.15) is 10.1 Å². The molecule has 1 N–H and O–H groups in total. The molecule has 3 aromatic rings. The molecule has 3 aromatic heterocycles. The van der Waals surface area contributed by atoms with Crippen LogP contribution in [-0.2, 0) is 7.05 Å². The fraction of sp³-hybridized carbons (Fsp3) is 0.0909. The first-order valence-electron chi connectivity index (χ1n) is 5.23. The van der Waals surface area contributed by atoms with E-state index in [4.69, 9.17) is 4.42 Å². The summed E-state index contributed by atoms with van der Waals surface area (Å²) in [5, 5.41) is 4.41. The van der Waals surface area contributed by atoms with E-state index in [1.165, 1.54) is 17.1 Å². The van der Waals surface area contributed by atoms with Crippen molar-refractivity contribution in [2.24, 2.45) is 12.0 Å². The molecule has 3 rings (SSSR count). The first kappa shape index (κ1) is 10.5. The van der Waals surface area contributed by atoms with Crippen LogP contribution in [0.2, 0.25) is 0 Å². The van der Waals surface area contributed by atoms with E-state index >= 15 is 0 Å². The third-order valence-corrected chi connectivity index (χ3v) is 2.45. The summed E-state index contributed by atoms with van der Waals surface area (Å²) in [5.41, 5.74) is 0.227. The van der Waals surface area contributed by atoms with Crippen molar-refractivity contribution in [3.63, 3.8) is 0 Å². The molecule has 0 unspecified atom stereocenters. The molecular weight excluding hydrogens is 234 g/mol. The van der Waals surface area contributed by atoms with Crippen LogP contribution >= 0.6 is 0 Å². The van der Waals surface area contributed by atoms with Gasteiger partial charge in [-0.15, -0.1) is 0 Å². The van der Waals surface area contributed by atoms with Gasteiger partial charge in [0.15, 0.2) is 5.65 Å². The second-order valence-corrected chi connectivity index (χ2v) is 3.67. The second-order valence-electron chi connectivity index (χ2n) is 3.67. The van der Waals surface area contributed by atoms with E-state index in [1.807, 2.05) is 0 Å². The van der Waals surface area contributed by atoms with Crippen molar-refractivity contribution in [1.29, 1.82) is 0 Å². The zero-order valence-corrected chi connectivity index (χ0v) is 9.49. The van der Waals surface area contributed by atoms with Crippen LogP contribution in [-0.4, -0.2) is 26.0 Å². The average molecular weight is 243 g/mol. The standard InChI is InChI=1S/C11H9N5O2/c1-16-9-8(6-13-16)10(17)15-11(14-9)12-5-7-3-2-4-18-7/h2-6H,1H3,(H,14,15,17)/b12-5+. The summed E-state index contributed by atoms with van der Waals surface area (Å²) in [6.07, 6.45) is 4.50. The van der Waals surface area contributed by atoms with Gasteiger partial charge in [0.05, 0.1) is 18.7 Å². The Morgan fingerprint density at radius 2 is 2.44 bits per heavy atom. The van der Waals surface area contributed by atoms with Gasteiger partial charge >= 0.3 is 0 Å². The van der Waals surface area contributed by atoms with Crippen molar-refractivity contribution < 1.29 is 4.42 Å². The van der Waals surface area contributed by atoms with Crippen molar-refractivity contribution in [3.05, 3.63) is 40.7 Å². The summed E-state index contributed by atoms with van der Waals surface area (Å²) in [6.45, 7) is 0. The number of aliphatic imine (C=N–C) groups is 1. The topological polar surface area (TPSA) is 89.1 Å². The van der Waals surface area contributed by atoms with Gasteiger partial charge in [-0.25, -0.2) is 4.99 Å². The van der Waals surface area contributed by atoms with Gasteiger partial charge in [0.2, 0.25) is 5.95 Å². The van der Waals surface area contributed by atoms with Crippen LogP contribution in [0.5, 0.6) is 0 Å². The van der Waals surface area contributed by atoms with Crippen molar-refractivity contribution in [2.45, 2.75) is 0 Å². The van der Waals surface area contributed by atoms with Gasteiger partial charge < -0.3 is 4.42 Å². The molecule has 0 spiro atoms. The number of aryl methyl sites for hydroxylation is 1. The molecule has 3 heterocycles.